The third kappa shape index (κ3) is 4.02. The topological polar surface area (TPSA) is 46.6 Å². The maximum Gasteiger partial charge on any atom is 0.253 e. The van der Waals surface area contributed by atoms with Gasteiger partial charge in [-0.3, -0.25) is 9.59 Å². The lowest BCUT2D eigenvalue weighted by Gasteiger charge is -2.18. The number of carbonyl (C=O) groups excluding carboxylic acids is 2. The summed E-state index contributed by atoms with van der Waals surface area (Å²) in [7, 11) is 1.86. The third-order valence-corrected chi connectivity index (χ3v) is 5.88. The van der Waals surface area contributed by atoms with E-state index in [0.29, 0.717) is 18.1 Å². The zero-order chi connectivity index (χ0) is 19.5. The lowest BCUT2D eigenvalue weighted by Crippen LogP contribution is -2.28. The SMILES string of the molecule is CN(CCCC1CCCO1)C(=O)c1ccc(-c2ccc3c(c2)CCC3=O)cc1. The largest absolute Gasteiger partial charge is 0.378 e. The number of Topliss-reactive ketones (excluding diaryl/α,β-unsaturated/α-hetero) is 1. The zero-order valence-electron chi connectivity index (χ0n) is 16.4. The number of carbonyl (C=O) groups is 2. The van der Waals surface area contributed by atoms with Crippen LogP contribution < -0.4 is 0 Å². The van der Waals surface area contributed by atoms with Gasteiger partial charge in [0, 0.05) is 37.7 Å². The van der Waals surface area contributed by atoms with Crippen LogP contribution in [0.15, 0.2) is 42.5 Å². The number of amides is 1. The molecule has 1 saturated heterocycles. The van der Waals surface area contributed by atoms with Gasteiger partial charge in [-0.25, -0.2) is 0 Å². The summed E-state index contributed by atoms with van der Waals surface area (Å²) in [5.41, 5.74) is 4.87. The number of rotatable bonds is 6. The molecular weight excluding hydrogens is 350 g/mol. The quantitative estimate of drug-likeness (QED) is 0.744. The number of fused-ring (bicyclic) bond motifs is 1. The summed E-state index contributed by atoms with van der Waals surface area (Å²) in [5, 5.41) is 0. The number of aryl methyl sites for hydroxylation is 1. The van der Waals surface area contributed by atoms with E-state index in [1.807, 2.05) is 43.4 Å². The van der Waals surface area contributed by atoms with E-state index in [0.717, 1.165) is 67.5 Å². The van der Waals surface area contributed by atoms with Crippen LogP contribution in [-0.2, 0) is 11.2 Å². The second kappa shape index (κ2) is 8.27. The summed E-state index contributed by atoms with van der Waals surface area (Å²) < 4.78 is 5.65. The maximum atomic E-state index is 12.7. The minimum Gasteiger partial charge on any atom is -0.378 e. The summed E-state index contributed by atoms with van der Waals surface area (Å²) in [5.74, 6) is 0.295. The molecule has 146 valence electrons. The molecule has 4 heteroatoms. The molecule has 1 fully saturated rings. The molecule has 0 bridgehead atoms. The van der Waals surface area contributed by atoms with E-state index in [1.165, 1.54) is 0 Å². The number of hydrogen-bond donors (Lipinski definition) is 0. The normalized spacial score (nSPS) is 18.3. The van der Waals surface area contributed by atoms with E-state index >= 15 is 0 Å². The summed E-state index contributed by atoms with van der Waals surface area (Å²) in [6.45, 7) is 1.63. The molecule has 2 aromatic rings. The van der Waals surface area contributed by atoms with Crippen molar-refractivity contribution in [2.75, 3.05) is 20.2 Å². The van der Waals surface area contributed by atoms with Gasteiger partial charge in [0.25, 0.3) is 5.91 Å². The Morgan fingerprint density at radius 2 is 1.89 bits per heavy atom. The number of nitrogens with zero attached hydrogens (tertiary/aromatic N) is 1. The van der Waals surface area contributed by atoms with Gasteiger partial charge in [0.2, 0.25) is 0 Å². The van der Waals surface area contributed by atoms with Crippen molar-refractivity contribution in [1.82, 2.24) is 4.90 Å². The van der Waals surface area contributed by atoms with Gasteiger partial charge < -0.3 is 9.64 Å². The van der Waals surface area contributed by atoms with Crippen molar-refractivity contribution in [1.29, 1.82) is 0 Å². The van der Waals surface area contributed by atoms with Gasteiger partial charge in [0.05, 0.1) is 6.10 Å². The first-order chi connectivity index (χ1) is 13.6. The molecule has 0 N–H and O–H groups in total. The molecule has 28 heavy (non-hydrogen) atoms. The highest BCUT2D eigenvalue weighted by molar-refractivity contribution is 6.01. The van der Waals surface area contributed by atoms with Crippen LogP contribution in [0.2, 0.25) is 0 Å². The van der Waals surface area contributed by atoms with Crippen molar-refractivity contribution in [2.24, 2.45) is 0 Å². The van der Waals surface area contributed by atoms with Crippen LogP contribution in [0.25, 0.3) is 11.1 Å². The molecule has 1 aliphatic carbocycles. The Hall–Kier alpha value is -2.46. The molecule has 0 aromatic heterocycles. The summed E-state index contributed by atoms with van der Waals surface area (Å²) >= 11 is 0. The minimum atomic E-state index is 0.0541. The maximum absolute atomic E-state index is 12.7. The highest BCUT2D eigenvalue weighted by Gasteiger charge is 2.20. The predicted octanol–water partition coefficient (Wildman–Crippen LogP) is 4.51. The Morgan fingerprint density at radius 3 is 2.64 bits per heavy atom. The van der Waals surface area contributed by atoms with Gasteiger partial charge in [-0.2, -0.15) is 0 Å². The molecule has 1 amide bonds. The monoisotopic (exact) mass is 377 g/mol. The number of hydrogen-bond acceptors (Lipinski definition) is 3. The molecule has 4 nitrogen and oxygen atoms in total. The van der Waals surface area contributed by atoms with Crippen LogP contribution in [0.4, 0.5) is 0 Å². The molecule has 1 unspecified atom stereocenters. The van der Waals surface area contributed by atoms with Crippen molar-refractivity contribution in [3.8, 4) is 11.1 Å². The van der Waals surface area contributed by atoms with Crippen molar-refractivity contribution in [3.63, 3.8) is 0 Å². The van der Waals surface area contributed by atoms with Crippen LogP contribution in [0.5, 0.6) is 0 Å². The first-order valence-electron chi connectivity index (χ1n) is 10.3. The molecule has 0 spiro atoms. The standard InChI is InChI=1S/C24H27NO3/c1-25(14-2-4-21-5-3-15-28-21)24(27)18-8-6-17(7-9-18)19-10-12-22-20(16-19)11-13-23(22)26/h6-10,12,16,21H,2-5,11,13-15H2,1H3. The fourth-order valence-electron chi connectivity index (χ4n) is 4.19. The van der Waals surface area contributed by atoms with Gasteiger partial charge in [-0.1, -0.05) is 30.3 Å². The Bertz CT molecular complexity index is 866. The van der Waals surface area contributed by atoms with Gasteiger partial charge in [-0.15, -0.1) is 0 Å². The fourth-order valence-corrected chi connectivity index (χ4v) is 4.19. The molecule has 1 atom stereocenters. The van der Waals surface area contributed by atoms with Gasteiger partial charge in [-0.05, 0) is 60.9 Å². The third-order valence-electron chi connectivity index (χ3n) is 5.88. The summed E-state index contributed by atoms with van der Waals surface area (Å²) in [6.07, 6.45) is 6.13. The molecule has 2 aliphatic rings. The van der Waals surface area contributed by atoms with Crippen molar-refractivity contribution < 1.29 is 14.3 Å². The van der Waals surface area contributed by atoms with Crippen LogP contribution in [-0.4, -0.2) is 42.9 Å². The van der Waals surface area contributed by atoms with Crippen LogP contribution in [0.3, 0.4) is 0 Å². The van der Waals surface area contributed by atoms with Gasteiger partial charge >= 0.3 is 0 Å². The Morgan fingerprint density at radius 1 is 1.11 bits per heavy atom. The van der Waals surface area contributed by atoms with Gasteiger partial charge in [0.15, 0.2) is 5.78 Å². The van der Waals surface area contributed by atoms with E-state index in [2.05, 4.69) is 6.07 Å². The van der Waals surface area contributed by atoms with Crippen molar-refractivity contribution in [2.45, 2.75) is 44.6 Å². The molecule has 0 radical (unpaired) electrons. The highest BCUT2D eigenvalue weighted by Crippen LogP contribution is 2.28. The average molecular weight is 377 g/mol. The molecule has 1 aliphatic heterocycles. The lowest BCUT2D eigenvalue weighted by atomic mass is 9.99. The fraction of sp³-hybridized carbons (Fsp3) is 0.417. The number of ether oxygens (including phenoxy) is 1. The first kappa shape index (κ1) is 18.9. The smallest absolute Gasteiger partial charge is 0.253 e. The summed E-state index contributed by atoms with van der Waals surface area (Å²) in [6, 6.07) is 13.8. The molecular formula is C24H27NO3. The van der Waals surface area contributed by atoms with Crippen molar-refractivity contribution in [3.05, 3.63) is 59.2 Å². The Kier molecular flexibility index (Phi) is 5.58. The number of benzene rings is 2. The summed E-state index contributed by atoms with van der Waals surface area (Å²) in [4.78, 5) is 26.3. The highest BCUT2D eigenvalue weighted by atomic mass is 16.5. The van der Waals surface area contributed by atoms with E-state index < -0.39 is 0 Å². The van der Waals surface area contributed by atoms with Crippen LogP contribution >= 0.6 is 0 Å². The second-order valence-corrected chi connectivity index (χ2v) is 7.88. The van der Waals surface area contributed by atoms with Crippen molar-refractivity contribution >= 4 is 11.7 Å². The van der Waals surface area contributed by atoms with Gasteiger partial charge in [0.1, 0.15) is 0 Å². The number of ketones is 1. The van der Waals surface area contributed by atoms with E-state index in [9.17, 15) is 9.59 Å². The van der Waals surface area contributed by atoms with E-state index in [-0.39, 0.29) is 11.7 Å². The lowest BCUT2D eigenvalue weighted by molar-refractivity contribution is 0.0763. The molecule has 0 saturated carbocycles. The molecule has 2 aromatic carbocycles. The Labute approximate surface area is 166 Å². The second-order valence-electron chi connectivity index (χ2n) is 7.88. The zero-order valence-corrected chi connectivity index (χ0v) is 16.4. The first-order valence-corrected chi connectivity index (χ1v) is 10.3. The van der Waals surface area contributed by atoms with E-state index in [1.54, 1.807) is 4.90 Å². The van der Waals surface area contributed by atoms with Crippen LogP contribution in [0.1, 0.15) is 58.4 Å². The molecule has 1 heterocycles. The molecule has 4 rings (SSSR count). The minimum absolute atomic E-state index is 0.0541. The van der Waals surface area contributed by atoms with Crippen LogP contribution in [0, 0.1) is 0 Å². The Balaban J connectivity index is 1.37. The average Bonchev–Trinajstić information content (AvgIpc) is 3.37. The predicted molar refractivity (Wildman–Crippen MR) is 110 cm³/mol. The van der Waals surface area contributed by atoms with E-state index in [4.69, 9.17) is 4.74 Å².